The molecule has 3 heterocycles. The summed E-state index contributed by atoms with van der Waals surface area (Å²) in [5.74, 6) is 0.260. The second kappa shape index (κ2) is 13.7. The van der Waals surface area contributed by atoms with E-state index in [1.165, 1.54) is 40.6 Å². The molecule has 2 N–H and O–H groups in total. The van der Waals surface area contributed by atoms with E-state index in [1.54, 1.807) is 32.4 Å². The van der Waals surface area contributed by atoms with Crippen LogP contribution in [0.3, 0.4) is 0 Å². The lowest BCUT2D eigenvalue weighted by Crippen LogP contribution is -2.37. The lowest BCUT2D eigenvalue weighted by molar-refractivity contribution is -0.125. The first-order valence-electron chi connectivity index (χ1n) is 13.5. The summed E-state index contributed by atoms with van der Waals surface area (Å²) >= 11 is 0. The fourth-order valence-electron chi connectivity index (χ4n) is 4.08. The highest BCUT2D eigenvalue weighted by atomic mass is 16.6. The maximum atomic E-state index is 13.3. The minimum atomic E-state index is -1.17. The van der Waals surface area contributed by atoms with Crippen LogP contribution in [0.1, 0.15) is 43.9 Å². The van der Waals surface area contributed by atoms with E-state index in [-0.39, 0.29) is 24.6 Å². The number of likely N-dealkylation sites (N-methyl/N-ethyl adjacent to an activating group) is 1. The molecule has 1 unspecified atom stereocenters. The van der Waals surface area contributed by atoms with E-state index in [2.05, 4.69) is 34.1 Å². The van der Waals surface area contributed by atoms with Crippen molar-refractivity contribution in [3.63, 3.8) is 0 Å². The summed E-state index contributed by atoms with van der Waals surface area (Å²) in [5.41, 5.74) is 2.97. The van der Waals surface area contributed by atoms with Gasteiger partial charge in [0.05, 0.1) is 23.3 Å². The minimum Gasteiger partial charge on any atom is -0.436 e. The topological polar surface area (TPSA) is 143 Å². The van der Waals surface area contributed by atoms with E-state index < -0.39 is 23.7 Å². The van der Waals surface area contributed by atoms with Gasteiger partial charge in [0.1, 0.15) is 11.5 Å². The zero-order chi connectivity index (χ0) is 30.3. The van der Waals surface area contributed by atoms with Gasteiger partial charge in [0, 0.05) is 40.1 Å². The molecule has 0 aromatic carbocycles. The number of amides is 3. The van der Waals surface area contributed by atoms with Gasteiger partial charge in [0.15, 0.2) is 6.10 Å². The van der Waals surface area contributed by atoms with E-state index in [0.717, 1.165) is 28.8 Å². The number of hydrogen-bond acceptors (Lipinski definition) is 7. The average Bonchev–Trinajstić information content (AvgIpc) is 3.29. The number of rotatable bonds is 11. The highest BCUT2D eigenvalue weighted by Gasteiger charge is 2.24. The van der Waals surface area contributed by atoms with E-state index >= 15 is 0 Å². The quantitative estimate of drug-likeness (QED) is 0.340. The molecule has 0 fully saturated rings. The predicted octanol–water partition coefficient (Wildman–Crippen LogP) is 3.10. The number of aromatic nitrogens is 4. The Morgan fingerprint density at radius 2 is 1.88 bits per heavy atom. The first kappa shape index (κ1) is 31.1. The Balaban J connectivity index is 1.79. The van der Waals surface area contributed by atoms with Crippen molar-refractivity contribution in [1.82, 2.24) is 29.3 Å². The molecule has 0 aliphatic heterocycles. The number of aromatic amines is 1. The second-order valence-electron chi connectivity index (χ2n) is 10.7. The van der Waals surface area contributed by atoms with Crippen molar-refractivity contribution in [2.45, 2.75) is 52.7 Å². The van der Waals surface area contributed by atoms with E-state index in [1.807, 2.05) is 13.0 Å². The monoisotopic (exact) mass is 565 g/mol. The van der Waals surface area contributed by atoms with Crippen LogP contribution in [0.15, 0.2) is 41.3 Å². The lowest BCUT2D eigenvalue weighted by Gasteiger charge is -2.19. The molecule has 0 aliphatic carbocycles. The van der Waals surface area contributed by atoms with Crippen LogP contribution in [-0.4, -0.2) is 81.5 Å². The third-order valence-electron chi connectivity index (χ3n) is 6.14. The molecule has 0 aliphatic rings. The Hall–Kier alpha value is -4.48. The number of aryl methyl sites for hydroxylation is 1. The number of ether oxygens (including phenoxy) is 1. The van der Waals surface area contributed by atoms with Crippen molar-refractivity contribution in [2.24, 2.45) is 5.92 Å². The van der Waals surface area contributed by atoms with Gasteiger partial charge in [-0.3, -0.25) is 14.4 Å². The Bertz CT molecular complexity index is 1490. The van der Waals surface area contributed by atoms with Crippen LogP contribution < -0.4 is 10.9 Å². The van der Waals surface area contributed by atoms with Crippen LogP contribution >= 0.6 is 0 Å². The zero-order valence-corrected chi connectivity index (χ0v) is 24.7. The Morgan fingerprint density at radius 3 is 2.54 bits per heavy atom. The molecule has 12 nitrogen and oxygen atoms in total. The fraction of sp³-hybridized carbons (Fsp3) is 0.448. The number of hydrogen-bond donors (Lipinski definition) is 2. The summed E-state index contributed by atoms with van der Waals surface area (Å²) in [6.07, 6.45) is 3.98. The molecule has 12 heteroatoms. The summed E-state index contributed by atoms with van der Waals surface area (Å²) in [6.45, 7) is 6.33. The highest BCUT2D eigenvalue weighted by Crippen LogP contribution is 2.20. The van der Waals surface area contributed by atoms with Crippen LogP contribution in [0, 0.1) is 12.8 Å². The molecule has 1 atom stereocenters. The van der Waals surface area contributed by atoms with Crippen molar-refractivity contribution >= 4 is 34.6 Å². The molecule has 0 saturated carbocycles. The average molecular weight is 566 g/mol. The van der Waals surface area contributed by atoms with Gasteiger partial charge in [-0.2, -0.15) is 0 Å². The number of anilines is 1. The molecule has 41 heavy (non-hydrogen) atoms. The first-order valence-corrected chi connectivity index (χ1v) is 13.5. The summed E-state index contributed by atoms with van der Waals surface area (Å²) in [6, 6.07) is 5.05. The van der Waals surface area contributed by atoms with Crippen LogP contribution in [-0.2, 0) is 27.3 Å². The summed E-state index contributed by atoms with van der Waals surface area (Å²) in [4.78, 5) is 65.5. The van der Waals surface area contributed by atoms with E-state index in [4.69, 9.17) is 4.74 Å². The molecule has 0 saturated heterocycles. The number of pyridine rings is 1. The molecule has 3 amide bonds. The molecule has 3 aromatic heterocycles. The normalized spacial score (nSPS) is 12.1. The number of fused-ring (bicyclic) bond motifs is 1. The first-order chi connectivity index (χ1) is 19.3. The third kappa shape index (κ3) is 8.50. The van der Waals surface area contributed by atoms with Gasteiger partial charge in [0.25, 0.3) is 11.5 Å². The van der Waals surface area contributed by atoms with Crippen LogP contribution in [0.4, 0.5) is 10.5 Å². The molecule has 0 spiro atoms. The lowest BCUT2D eigenvalue weighted by atomic mass is 10.1. The number of nitrogens with zero attached hydrogens (tertiary/aromatic N) is 5. The molecule has 0 bridgehead atoms. The van der Waals surface area contributed by atoms with Crippen molar-refractivity contribution in [3.05, 3.63) is 64.1 Å². The molecule has 0 radical (unpaired) electrons. The van der Waals surface area contributed by atoms with Crippen LogP contribution in [0.25, 0.3) is 11.0 Å². The molecular weight excluding hydrogens is 526 g/mol. The van der Waals surface area contributed by atoms with Gasteiger partial charge in [-0.25, -0.2) is 14.8 Å². The van der Waals surface area contributed by atoms with Gasteiger partial charge in [0.2, 0.25) is 5.91 Å². The Morgan fingerprint density at radius 1 is 1.15 bits per heavy atom. The second-order valence-corrected chi connectivity index (χ2v) is 10.7. The summed E-state index contributed by atoms with van der Waals surface area (Å²) in [5, 5.41) is 2.61. The van der Waals surface area contributed by atoms with Crippen molar-refractivity contribution < 1.29 is 19.1 Å². The maximum Gasteiger partial charge on any atom is 0.410 e. The van der Waals surface area contributed by atoms with Gasteiger partial charge >= 0.3 is 6.09 Å². The number of allylic oxidation sites excluding steroid dienone is 1. The van der Waals surface area contributed by atoms with E-state index in [9.17, 15) is 19.2 Å². The summed E-state index contributed by atoms with van der Waals surface area (Å²) in [7, 11) is 6.27. The Labute approximate surface area is 239 Å². The smallest absolute Gasteiger partial charge is 0.410 e. The van der Waals surface area contributed by atoms with Gasteiger partial charge in [-0.05, 0) is 56.4 Å². The molecule has 3 aromatic rings. The largest absolute Gasteiger partial charge is 0.436 e. The van der Waals surface area contributed by atoms with Crippen LogP contribution in [0.5, 0.6) is 0 Å². The minimum absolute atomic E-state index is 0.0500. The van der Waals surface area contributed by atoms with Crippen LogP contribution in [0.2, 0.25) is 0 Å². The SMILES string of the molecule is Cc1nc(CC(C)C)c2[nH]c(Cn3cccc(NC(=O)C(CC/C=C/C(=O)N(C)C)OC(=O)N(C)C)c3=O)cc2n1. The third-order valence-corrected chi connectivity index (χ3v) is 6.14. The molecule has 3 rings (SSSR count). The zero-order valence-electron chi connectivity index (χ0n) is 24.7. The summed E-state index contributed by atoms with van der Waals surface area (Å²) < 4.78 is 6.84. The standard InChI is InChI=1S/C29H39N7O5/c1-18(2)15-22-26-23(31-19(3)30-22)16-20(32-26)17-36-14-10-11-21(28(36)39)33-27(38)24(41-29(40)35(6)7)12-8-9-13-25(37)34(4)5/h9-11,13-14,16,18,24,32H,8,12,15,17H2,1-7H3,(H,33,38)/b13-9+. The van der Waals surface area contributed by atoms with Crippen molar-refractivity contribution in [1.29, 1.82) is 0 Å². The molecule has 220 valence electrons. The van der Waals surface area contributed by atoms with Gasteiger partial charge < -0.3 is 29.4 Å². The maximum absolute atomic E-state index is 13.3. The number of nitrogens with one attached hydrogen (secondary N) is 2. The van der Waals surface area contributed by atoms with E-state index in [0.29, 0.717) is 18.2 Å². The van der Waals surface area contributed by atoms with Gasteiger partial charge in [-0.15, -0.1) is 0 Å². The fourth-order valence-corrected chi connectivity index (χ4v) is 4.08. The number of H-pyrrole nitrogens is 1. The number of carbonyl (C=O) groups excluding carboxylic acids is 3. The number of carbonyl (C=O) groups is 3. The highest BCUT2D eigenvalue weighted by molar-refractivity contribution is 5.95. The Kier molecular flexibility index (Phi) is 10.4. The van der Waals surface area contributed by atoms with Crippen molar-refractivity contribution in [2.75, 3.05) is 33.5 Å². The van der Waals surface area contributed by atoms with Gasteiger partial charge in [-0.1, -0.05) is 19.9 Å². The predicted molar refractivity (Wildman–Crippen MR) is 157 cm³/mol. The van der Waals surface area contributed by atoms with Crippen molar-refractivity contribution in [3.8, 4) is 0 Å². The molecular formula is C29H39N7O5.